The van der Waals surface area contributed by atoms with Crippen LogP contribution in [0.15, 0.2) is 158 Å². The van der Waals surface area contributed by atoms with Crippen LogP contribution in [0.3, 0.4) is 0 Å². The Bertz CT molecular complexity index is 3060. The van der Waals surface area contributed by atoms with Crippen LogP contribution in [0.2, 0.25) is 0 Å². The number of rotatable bonds is 12. The molecule has 0 unspecified atom stereocenters. The maximum atomic E-state index is 6.13. The Kier molecular flexibility index (Phi) is 11.7. The van der Waals surface area contributed by atoms with Gasteiger partial charge in [-0.2, -0.15) is 10.4 Å². The highest BCUT2D eigenvalue weighted by molar-refractivity contribution is 5.79. The molecule has 0 radical (unpaired) electrons. The van der Waals surface area contributed by atoms with Crippen LogP contribution in [0.5, 0.6) is 11.5 Å². The van der Waals surface area contributed by atoms with Crippen molar-refractivity contribution in [1.29, 1.82) is 0 Å². The predicted molar refractivity (Wildman–Crippen MR) is 239 cm³/mol. The Morgan fingerprint density at radius 3 is 1.65 bits per heavy atom. The summed E-state index contributed by atoms with van der Waals surface area (Å²) in [5.41, 5.74) is 12.7. The summed E-state index contributed by atoms with van der Waals surface area (Å²) in [5.74, 6) is 2.96. The van der Waals surface area contributed by atoms with E-state index in [1.807, 2.05) is 78.9 Å². The second-order valence-electron chi connectivity index (χ2n) is 15.0. The van der Waals surface area contributed by atoms with Gasteiger partial charge >= 0.3 is 0 Å². The third-order valence-electron chi connectivity index (χ3n) is 10.5. The van der Waals surface area contributed by atoms with Gasteiger partial charge in [-0.3, -0.25) is 0 Å². The lowest BCUT2D eigenvalue weighted by molar-refractivity contribution is 0.299. The van der Waals surface area contributed by atoms with Crippen molar-refractivity contribution in [2.75, 3.05) is 0 Å². The number of nitrogens with one attached hydrogen (secondary N) is 2. The number of pyridine rings is 2. The van der Waals surface area contributed by atoms with Crippen LogP contribution in [-0.2, 0) is 26.1 Å². The maximum Gasteiger partial charge on any atom is 0.204 e. The summed E-state index contributed by atoms with van der Waals surface area (Å²) in [4.78, 5) is 9.38. The van der Waals surface area contributed by atoms with Gasteiger partial charge in [0.25, 0.3) is 0 Å². The molecule has 4 aromatic heterocycles. The van der Waals surface area contributed by atoms with Crippen LogP contribution in [0.1, 0.15) is 44.8 Å². The number of aromatic nitrogens is 10. The van der Waals surface area contributed by atoms with Crippen molar-refractivity contribution in [3.8, 4) is 34.3 Å². The number of hydrogen-bond donors (Lipinski definition) is 2. The largest absolute Gasteiger partial charge is 0.487 e. The van der Waals surface area contributed by atoms with Gasteiger partial charge < -0.3 is 9.47 Å². The van der Waals surface area contributed by atoms with Crippen molar-refractivity contribution in [2.45, 2.75) is 39.9 Å². The summed E-state index contributed by atoms with van der Waals surface area (Å²) in [6, 6.07) is 53.5. The lowest BCUT2D eigenvalue weighted by Gasteiger charge is -2.12. The van der Waals surface area contributed by atoms with Gasteiger partial charge in [0, 0.05) is 21.9 Å². The molecule has 0 spiro atoms. The number of hydrogen-bond acceptors (Lipinski definition) is 10. The maximum absolute atomic E-state index is 6.13. The molecule has 0 saturated carbocycles. The Labute approximate surface area is 358 Å². The van der Waals surface area contributed by atoms with Crippen LogP contribution >= 0.6 is 0 Å². The number of fused-ring (bicyclic) bond motifs is 2. The minimum atomic E-state index is 0.439. The lowest BCUT2D eigenvalue weighted by Crippen LogP contribution is -2.00. The first kappa shape index (κ1) is 39.3. The number of ether oxygens (including phenoxy) is 2. The lowest BCUT2D eigenvalue weighted by atomic mass is 10.0. The third-order valence-corrected chi connectivity index (χ3v) is 10.5. The molecule has 2 N–H and O–H groups in total. The molecule has 10 rings (SSSR count). The summed E-state index contributed by atoms with van der Waals surface area (Å²) in [6.07, 6.45) is 1.64. The molecule has 0 bridgehead atoms. The molecular weight excluding hydrogens is 773 g/mol. The highest BCUT2D eigenvalue weighted by Gasteiger charge is 2.09. The molecule has 0 amide bonds. The van der Waals surface area contributed by atoms with Crippen molar-refractivity contribution >= 4 is 21.8 Å². The Morgan fingerprint density at radius 1 is 0.435 bits per heavy atom. The van der Waals surface area contributed by atoms with Crippen LogP contribution in [0.4, 0.5) is 0 Å². The SMILES string of the molecule is Cc1cc(Cc2cccc(-c3nn[nH]n3)c2)ccc1OCc1ccc2ccccc2n1.Cc1ccc(Cc2ccc(-c3nn[nH]n3)cc2)cc1OCc1ccc2ccccc2n1. The summed E-state index contributed by atoms with van der Waals surface area (Å²) in [7, 11) is 0. The average molecular weight is 815 g/mol. The van der Waals surface area contributed by atoms with E-state index >= 15 is 0 Å². The van der Waals surface area contributed by atoms with Gasteiger partial charge in [-0.1, -0.05) is 115 Å². The molecule has 304 valence electrons. The molecule has 0 fully saturated rings. The second kappa shape index (κ2) is 18.4. The minimum absolute atomic E-state index is 0.439. The van der Waals surface area contributed by atoms with Gasteiger partial charge in [-0.15, -0.1) is 20.4 Å². The highest BCUT2D eigenvalue weighted by Crippen LogP contribution is 2.26. The van der Waals surface area contributed by atoms with E-state index in [1.54, 1.807) is 0 Å². The average Bonchev–Trinajstić information content (AvgIpc) is 4.06. The quantitative estimate of drug-likeness (QED) is 0.122. The van der Waals surface area contributed by atoms with Crippen LogP contribution in [-0.4, -0.2) is 51.2 Å². The number of aromatic amines is 2. The van der Waals surface area contributed by atoms with Gasteiger partial charge in [-0.05, 0) is 113 Å². The monoisotopic (exact) mass is 814 g/mol. The Hall–Kier alpha value is -8.12. The Morgan fingerprint density at radius 2 is 1.00 bits per heavy atom. The van der Waals surface area contributed by atoms with Gasteiger partial charge in [0.1, 0.15) is 24.7 Å². The number of para-hydroxylation sites is 2. The number of tetrazole rings is 2. The standard InChI is InChI=1S/2C25H21N5O/c1-17-13-19(14-18-5-4-7-21(15-18)25-27-29-30-28-25)9-12-24(17)31-16-22-11-10-20-6-2-3-8-23(20)26-22;1-17-6-7-19(14-18-8-10-21(11-9-18)25-27-29-30-28-25)15-24(17)31-16-22-13-12-20-4-2-3-5-23(20)26-22/h2*2-13,15H,14,16H2,1H3,(H,27,28,29,30). The molecule has 12 nitrogen and oxygen atoms in total. The summed E-state index contributed by atoms with van der Waals surface area (Å²) in [5, 5.41) is 30.6. The minimum Gasteiger partial charge on any atom is -0.487 e. The summed E-state index contributed by atoms with van der Waals surface area (Å²) < 4.78 is 12.2. The van der Waals surface area contributed by atoms with E-state index in [4.69, 9.17) is 14.5 Å². The number of aryl methyl sites for hydroxylation is 2. The molecule has 62 heavy (non-hydrogen) atoms. The summed E-state index contributed by atoms with van der Waals surface area (Å²) in [6.45, 7) is 5.02. The van der Waals surface area contributed by atoms with E-state index in [0.29, 0.717) is 24.9 Å². The van der Waals surface area contributed by atoms with Crippen molar-refractivity contribution < 1.29 is 9.47 Å². The second-order valence-corrected chi connectivity index (χ2v) is 15.0. The van der Waals surface area contributed by atoms with Crippen LogP contribution in [0, 0.1) is 13.8 Å². The fourth-order valence-corrected chi connectivity index (χ4v) is 7.21. The molecule has 6 aromatic carbocycles. The number of benzene rings is 6. The summed E-state index contributed by atoms with van der Waals surface area (Å²) >= 11 is 0. The predicted octanol–water partition coefficient (Wildman–Crippen LogP) is 9.79. The molecule has 0 aliphatic heterocycles. The molecule has 0 aliphatic carbocycles. The first-order valence-corrected chi connectivity index (χ1v) is 20.3. The van der Waals surface area contributed by atoms with E-state index < -0.39 is 0 Å². The fourth-order valence-electron chi connectivity index (χ4n) is 7.21. The van der Waals surface area contributed by atoms with Crippen molar-refractivity contribution in [3.05, 3.63) is 202 Å². The van der Waals surface area contributed by atoms with E-state index in [0.717, 1.165) is 79.8 Å². The third kappa shape index (κ3) is 9.67. The molecule has 4 heterocycles. The zero-order chi connectivity index (χ0) is 42.1. The van der Waals surface area contributed by atoms with Gasteiger partial charge in [0.05, 0.1) is 22.4 Å². The van der Waals surface area contributed by atoms with Crippen molar-refractivity contribution in [1.82, 2.24) is 51.2 Å². The smallest absolute Gasteiger partial charge is 0.204 e. The first-order chi connectivity index (χ1) is 30.5. The van der Waals surface area contributed by atoms with Gasteiger partial charge in [0.2, 0.25) is 11.6 Å². The molecule has 12 heteroatoms. The van der Waals surface area contributed by atoms with Crippen LogP contribution in [0.25, 0.3) is 44.6 Å². The topological polar surface area (TPSA) is 153 Å². The zero-order valence-corrected chi connectivity index (χ0v) is 34.2. The van der Waals surface area contributed by atoms with E-state index in [-0.39, 0.29) is 0 Å². The number of H-pyrrole nitrogens is 2. The van der Waals surface area contributed by atoms with E-state index in [2.05, 4.69) is 139 Å². The molecule has 0 aliphatic rings. The molecule has 0 atom stereocenters. The fraction of sp³-hybridized carbons (Fsp3) is 0.120. The van der Waals surface area contributed by atoms with E-state index in [9.17, 15) is 0 Å². The van der Waals surface area contributed by atoms with Crippen molar-refractivity contribution in [3.63, 3.8) is 0 Å². The molecular formula is C50H42N10O2. The number of nitrogens with zero attached hydrogens (tertiary/aromatic N) is 8. The first-order valence-electron chi connectivity index (χ1n) is 20.3. The Balaban J connectivity index is 0.000000158. The van der Waals surface area contributed by atoms with Crippen LogP contribution < -0.4 is 9.47 Å². The van der Waals surface area contributed by atoms with Crippen molar-refractivity contribution in [2.24, 2.45) is 0 Å². The molecule has 10 aromatic rings. The highest BCUT2D eigenvalue weighted by atomic mass is 16.5. The van der Waals surface area contributed by atoms with Gasteiger partial charge in [-0.25, -0.2) is 9.97 Å². The molecule has 0 saturated heterocycles. The van der Waals surface area contributed by atoms with E-state index in [1.165, 1.54) is 22.3 Å². The normalized spacial score (nSPS) is 11.0. The van der Waals surface area contributed by atoms with Gasteiger partial charge in [0.15, 0.2) is 0 Å². The zero-order valence-electron chi connectivity index (χ0n) is 34.2.